The zero-order chi connectivity index (χ0) is 20.2. The number of aromatic nitrogens is 2. The Morgan fingerprint density at radius 3 is 2.55 bits per heavy atom. The van der Waals surface area contributed by atoms with Gasteiger partial charge in [0, 0.05) is 29.0 Å². The van der Waals surface area contributed by atoms with Crippen molar-refractivity contribution in [2.75, 3.05) is 13.7 Å². The summed E-state index contributed by atoms with van der Waals surface area (Å²) >= 11 is 0. The summed E-state index contributed by atoms with van der Waals surface area (Å²) < 4.78 is 16.7. The predicted molar refractivity (Wildman–Crippen MR) is 111 cm³/mol. The fraction of sp³-hybridized carbons (Fsp3) is 0.217. The van der Waals surface area contributed by atoms with E-state index in [0.29, 0.717) is 18.1 Å². The molecule has 2 heterocycles. The number of pyridine rings is 1. The highest BCUT2D eigenvalue weighted by atomic mass is 16.5. The van der Waals surface area contributed by atoms with E-state index in [4.69, 9.17) is 14.2 Å². The topological polar surface area (TPSA) is 73.4 Å². The van der Waals surface area contributed by atoms with Crippen molar-refractivity contribution in [3.8, 4) is 5.88 Å². The second-order valence-electron chi connectivity index (χ2n) is 6.59. The number of ether oxygens (including phenoxy) is 3. The zero-order valence-corrected chi connectivity index (χ0v) is 16.4. The van der Waals surface area contributed by atoms with E-state index in [-0.39, 0.29) is 18.9 Å². The average molecular weight is 390 g/mol. The van der Waals surface area contributed by atoms with E-state index in [9.17, 15) is 4.79 Å². The maximum atomic E-state index is 12.7. The fourth-order valence-corrected chi connectivity index (χ4v) is 3.44. The Morgan fingerprint density at radius 2 is 1.79 bits per heavy atom. The molecule has 0 saturated heterocycles. The van der Waals surface area contributed by atoms with Gasteiger partial charge >= 0.3 is 5.97 Å². The van der Waals surface area contributed by atoms with Gasteiger partial charge in [-0.2, -0.15) is 0 Å². The molecule has 148 valence electrons. The molecule has 2 aromatic carbocycles. The molecule has 6 heteroatoms. The number of hydrogen-bond acceptors (Lipinski definition) is 5. The van der Waals surface area contributed by atoms with Crippen LogP contribution in [0.4, 0.5) is 0 Å². The molecule has 1 N–H and O–H groups in total. The number of carbonyl (C=O) groups is 1. The van der Waals surface area contributed by atoms with Crippen molar-refractivity contribution in [3.63, 3.8) is 0 Å². The normalized spacial score (nSPS) is 11.1. The van der Waals surface area contributed by atoms with Gasteiger partial charge in [0.25, 0.3) is 0 Å². The number of nitrogens with zero attached hydrogens (tertiary/aromatic N) is 1. The van der Waals surface area contributed by atoms with Crippen LogP contribution in [0, 0.1) is 0 Å². The number of fused-ring (bicyclic) bond motifs is 3. The molecule has 29 heavy (non-hydrogen) atoms. The summed E-state index contributed by atoms with van der Waals surface area (Å²) in [7, 11) is 1.59. The summed E-state index contributed by atoms with van der Waals surface area (Å²) in [6, 6.07) is 17.7. The number of aromatic amines is 1. The summed E-state index contributed by atoms with van der Waals surface area (Å²) in [6.45, 7) is 2.60. The third-order valence-corrected chi connectivity index (χ3v) is 4.70. The van der Waals surface area contributed by atoms with Crippen molar-refractivity contribution in [1.29, 1.82) is 0 Å². The molecular weight excluding hydrogens is 368 g/mol. The van der Waals surface area contributed by atoms with Gasteiger partial charge in [-0.25, -0.2) is 9.78 Å². The van der Waals surface area contributed by atoms with Crippen LogP contribution >= 0.6 is 0 Å². The van der Waals surface area contributed by atoms with Crippen molar-refractivity contribution in [1.82, 2.24) is 9.97 Å². The van der Waals surface area contributed by atoms with Crippen molar-refractivity contribution in [2.45, 2.75) is 20.1 Å². The Hall–Kier alpha value is -3.38. The molecule has 0 aliphatic rings. The zero-order valence-electron chi connectivity index (χ0n) is 16.4. The van der Waals surface area contributed by atoms with Crippen LogP contribution in [0.2, 0.25) is 0 Å². The van der Waals surface area contributed by atoms with E-state index in [1.807, 2.05) is 54.6 Å². The van der Waals surface area contributed by atoms with Crippen molar-refractivity contribution in [3.05, 3.63) is 71.4 Å². The standard InChI is InChI=1S/C23H22N2O4/c1-3-28-23(26)20-17(14-27-2)19-16-11-7-8-12-18(16)24-21(19)22(25-20)29-13-15-9-5-4-6-10-15/h4-12,24H,3,13-14H2,1-2H3. The van der Waals surface area contributed by atoms with Gasteiger partial charge in [0.05, 0.1) is 13.2 Å². The molecule has 0 aliphatic heterocycles. The van der Waals surface area contributed by atoms with Gasteiger partial charge in [-0.3, -0.25) is 0 Å². The Bertz CT molecular complexity index is 1150. The van der Waals surface area contributed by atoms with E-state index in [0.717, 1.165) is 27.4 Å². The van der Waals surface area contributed by atoms with Gasteiger partial charge in [-0.15, -0.1) is 0 Å². The molecule has 0 amide bonds. The molecule has 0 atom stereocenters. The van der Waals surface area contributed by atoms with Crippen LogP contribution in [-0.4, -0.2) is 29.7 Å². The van der Waals surface area contributed by atoms with Gasteiger partial charge in [0.1, 0.15) is 12.1 Å². The first-order valence-corrected chi connectivity index (χ1v) is 9.49. The minimum Gasteiger partial charge on any atom is -0.471 e. The van der Waals surface area contributed by atoms with Crippen LogP contribution in [0.3, 0.4) is 0 Å². The van der Waals surface area contributed by atoms with Crippen LogP contribution in [-0.2, 0) is 22.7 Å². The average Bonchev–Trinajstić information content (AvgIpc) is 3.14. The molecule has 0 bridgehead atoms. The molecule has 0 saturated carbocycles. The summed E-state index contributed by atoms with van der Waals surface area (Å²) in [6.07, 6.45) is 0. The highest BCUT2D eigenvalue weighted by Crippen LogP contribution is 2.35. The third-order valence-electron chi connectivity index (χ3n) is 4.70. The molecular formula is C23H22N2O4. The quantitative estimate of drug-likeness (QED) is 0.466. The fourth-order valence-electron chi connectivity index (χ4n) is 3.44. The second-order valence-corrected chi connectivity index (χ2v) is 6.59. The van der Waals surface area contributed by atoms with Gasteiger partial charge in [0.2, 0.25) is 5.88 Å². The molecule has 4 rings (SSSR count). The van der Waals surface area contributed by atoms with Crippen LogP contribution in [0.1, 0.15) is 28.5 Å². The third kappa shape index (κ3) is 3.67. The van der Waals surface area contributed by atoms with E-state index < -0.39 is 5.97 Å². The van der Waals surface area contributed by atoms with Crippen LogP contribution in [0.5, 0.6) is 5.88 Å². The number of para-hydroxylation sites is 1. The Kier molecular flexibility index (Phi) is 5.44. The van der Waals surface area contributed by atoms with E-state index in [1.165, 1.54) is 0 Å². The minimum absolute atomic E-state index is 0.217. The first-order valence-electron chi connectivity index (χ1n) is 9.49. The number of benzene rings is 2. The second kappa shape index (κ2) is 8.32. The lowest BCUT2D eigenvalue weighted by Gasteiger charge is -2.13. The van der Waals surface area contributed by atoms with E-state index >= 15 is 0 Å². The van der Waals surface area contributed by atoms with Crippen molar-refractivity contribution >= 4 is 27.8 Å². The lowest BCUT2D eigenvalue weighted by molar-refractivity contribution is 0.0513. The SMILES string of the molecule is CCOC(=O)c1nc(OCc2ccccc2)c2[nH]c3ccccc3c2c1COC. The highest BCUT2D eigenvalue weighted by Gasteiger charge is 2.24. The smallest absolute Gasteiger partial charge is 0.357 e. The van der Waals surface area contributed by atoms with Gasteiger partial charge in [0.15, 0.2) is 5.69 Å². The van der Waals surface area contributed by atoms with Gasteiger partial charge < -0.3 is 19.2 Å². The van der Waals surface area contributed by atoms with Crippen LogP contribution in [0.15, 0.2) is 54.6 Å². The summed E-state index contributed by atoms with van der Waals surface area (Å²) in [4.78, 5) is 20.6. The summed E-state index contributed by atoms with van der Waals surface area (Å²) in [5, 5.41) is 1.84. The lowest BCUT2D eigenvalue weighted by atomic mass is 10.1. The molecule has 0 aliphatic carbocycles. The number of rotatable bonds is 7. The van der Waals surface area contributed by atoms with Crippen molar-refractivity contribution < 1.29 is 19.0 Å². The molecule has 0 unspecified atom stereocenters. The number of carbonyl (C=O) groups excluding carboxylic acids is 1. The largest absolute Gasteiger partial charge is 0.471 e. The van der Waals surface area contributed by atoms with E-state index in [1.54, 1.807) is 14.0 Å². The molecule has 4 aromatic rings. The first kappa shape index (κ1) is 19.0. The first-order chi connectivity index (χ1) is 14.2. The molecule has 2 aromatic heterocycles. The highest BCUT2D eigenvalue weighted by molar-refractivity contribution is 6.12. The van der Waals surface area contributed by atoms with E-state index in [2.05, 4.69) is 9.97 Å². The van der Waals surface area contributed by atoms with Gasteiger partial charge in [-0.05, 0) is 18.6 Å². The van der Waals surface area contributed by atoms with Crippen LogP contribution < -0.4 is 4.74 Å². The maximum absolute atomic E-state index is 12.7. The number of H-pyrrole nitrogens is 1. The maximum Gasteiger partial charge on any atom is 0.357 e. The number of hydrogen-bond donors (Lipinski definition) is 1. The number of esters is 1. The van der Waals surface area contributed by atoms with Crippen LogP contribution in [0.25, 0.3) is 21.8 Å². The molecule has 0 spiro atoms. The minimum atomic E-state index is -0.490. The Morgan fingerprint density at radius 1 is 1.03 bits per heavy atom. The summed E-state index contributed by atoms with van der Waals surface area (Å²) in [5.74, 6) is -0.126. The summed E-state index contributed by atoms with van der Waals surface area (Å²) in [5.41, 5.74) is 3.59. The Labute approximate surface area is 168 Å². The lowest BCUT2D eigenvalue weighted by Crippen LogP contribution is -2.13. The molecule has 0 radical (unpaired) electrons. The predicted octanol–water partition coefficient (Wildman–Crippen LogP) is 4.62. The molecule has 0 fully saturated rings. The monoisotopic (exact) mass is 390 g/mol. The van der Waals surface area contributed by atoms with Gasteiger partial charge in [-0.1, -0.05) is 48.5 Å². The molecule has 6 nitrogen and oxygen atoms in total. The number of nitrogens with one attached hydrogen (secondary N) is 1. The Balaban J connectivity index is 1.91. The van der Waals surface area contributed by atoms with Crippen molar-refractivity contribution in [2.24, 2.45) is 0 Å². The number of methoxy groups -OCH3 is 1.